The van der Waals surface area contributed by atoms with Crippen molar-refractivity contribution in [1.82, 2.24) is 14.8 Å². The van der Waals surface area contributed by atoms with Gasteiger partial charge in [-0.2, -0.15) is 0 Å². The molecule has 0 saturated heterocycles. The third-order valence-corrected chi connectivity index (χ3v) is 7.55. The number of nitrogens with one attached hydrogen (secondary N) is 1. The smallest absolute Gasteiger partial charge is 0.295 e. The number of nitrogens with zero attached hydrogens (tertiary/aromatic N) is 2. The minimum atomic E-state index is -0.679. The molecule has 8 heteroatoms. The molecule has 2 saturated carbocycles. The van der Waals surface area contributed by atoms with Crippen LogP contribution in [0.4, 0.5) is 0 Å². The number of aromatic nitrogens is 1. The van der Waals surface area contributed by atoms with Crippen LogP contribution < -0.4 is 10.1 Å². The van der Waals surface area contributed by atoms with Crippen LogP contribution in [0, 0.1) is 0 Å². The molecule has 2 aliphatic carbocycles. The lowest BCUT2D eigenvalue weighted by Gasteiger charge is -2.28. The Bertz CT molecular complexity index is 1060. The van der Waals surface area contributed by atoms with Crippen LogP contribution in [-0.4, -0.2) is 67.0 Å². The number of hydrogen-bond acceptors (Lipinski definition) is 5. The number of likely N-dealkylation sites (N-methyl/N-ethyl adjacent to an activating group) is 1. The highest BCUT2D eigenvalue weighted by molar-refractivity contribution is 6.45. The average molecular weight is 484 g/mol. The maximum absolute atomic E-state index is 13.3. The Morgan fingerprint density at radius 3 is 2.40 bits per heavy atom. The third kappa shape index (κ3) is 5.69. The molecule has 2 amide bonds. The second-order valence-corrected chi connectivity index (χ2v) is 9.89. The molecular weight excluding hydrogens is 446 g/mol. The Hall–Kier alpha value is -2.87. The fourth-order valence-electron chi connectivity index (χ4n) is 5.49. The van der Waals surface area contributed by atoms with E-state index in [9.17, 15) is 14.4 Å². The van der Waals surface area contributed by atoms with Gasteiger partial charge in [0, 0.05) is 43.9 Å². The van der Waals surface area contributed by atoms with E-state index in [1.54, 1.807) is 14.2 Å². The van der Waals surface area contributed by atoms with Crippen LogP contribution >= 0.6 is 0 Å². The van der Waals surface area contributed by atoms with Crippen LogP contribution in [-0.2, 0) is 14.3 Å². The van der Waals surface area contributed by atoms with E-state index in [4.69, 9.17) is 9.47 Å². The zero-order valence-corrected chi connectivity index (χ0v) is 21.0. The largest absolute Gasteiger partial charge is 0.497 e. The molecule has 1 heterocycles. The quantitative estimate of drug-likeness (QED) is 0.455. The monoisotopic (exact) mass is 483 g/mol. The summed E-state index contributed by atoms with van der Waals surface area (Å²) in [6, 6.07) is 5.96. The molecule has 2 aliphatic rings. The number of ketones is 1. The highest BCUT2D eigenvalue weighted by Gasteiger charge is 2.29. The summed E-state index contributed by atoms with van der Waals surface area (Å²) in [7, 11) is 4.84. The van der Waals surface area contributed by atoms with E-state index in [-0.39, 0.29) is 24.6 Å². The normalized spacial score (nSPS) is 21.0. The topological polar surface area (TPSA) is 89.9 Å². The van der Waals surface area contributed by atoms with Crippen molar-refractivity contribution in [2.24, 2.45) is 0 Å². The Labute approximate surface area is 206 Å². The van der Waals surface area contributed by atoms with Gasteiger partial charge >= 0.3 is 0 Å². The van der Waals surface area contributed by atoms with Crippen molar-refractivity contribution >= 4 is 28.5 Å². The Balaban J connectivity index is 1.47. The lowest BCUT2D eigenvalue weighted by Crippen LogP contribution is -2.45. The van der Waals surface area contributed by atoms with E-state index in [2.05, 4.69) is 9.88 Å². The molecule has 4 rings (SSSR count). The molecule has 0 spiro atoms. The summed E-state index contributed by atoms with van der Waals surface area (Å²) in [6.45, 7) is -0.149. The Kier molecular flexibility index (Phi) is 8.11. The predicted octanol–water partition coefficient (Wildman–Crippen LogP) is 3.87. The SMILES string of the molecule is COc1ccc2c(C(=O)C(=O)N(C)CC(=O)NC3CCC(OC)CC3)cn(C3CCCCC3)c2c1. The number of carbonyl (C=O) groups excluding carboxylic acids is 3. The van der Waals surface area contributed by atoms with E-state index >= 15 is 0 Å². The third-order valence-electron chi connectivity index (χ3n) is 7.55. The number of rotatable bonds is 8. The lowest BCUT2D eigenvalue weighted by molar-refractivity contribution is -0.131. The second-order valence-electron chi connectivity index (χ2n) is 9.89. The highest BCUT2D eigenvalue weighted by Crippen LogP contribution is 2.35. The van der Waals surface area contributed by atoms with Gasteiger partial charge in [0.25, 0.3) is 11.7 Å². The van der Waals surface area contributed by atoms with Gasteiger partial charge in [0.15, 0.2) is 0 Å². The number of fused-ring (bicyclic) bond motifs is 1. The molecule has 2 aromatic rings. The van der Waals surface area contributed by atoms with Crippen LogP contribution in [0.15, 0.2) is 24.4 Å². The molecule has 8 nitrogen and oxygen atoms in total. The lowest BCUT2D eigenvalue weighted by atomic mass is 9.93. The number of ether oxygens (including phenoxy) is 2. The minimum Gasteiger partial charge on any atom is -0.497 e. The zero-order valence-electron chi connectivity index (χ0n) is 21.0. The van der Waals surface area contributed by atoms with Crippen LogP contribution in [0.1, 0.15) is 74.2 Å². The van der Waals surface area contributed by atoms with E-state index in [1.807, 2.05) is 24.4 Å². The molecule has 2 fully saturated rings. The van der Waals surface area contributed by atoms with Crippen molar-refractivity contribution in [2.75, 3.05) is 27.8 Å². The highest BCUT2D eigenvalue weighted by atomic mass is 16.5. The molecule has 190 valence electrons. The van der Waals surface area contributed by atoms with Gasteiger partial charge < -0.3 is 24.3 Å². The molecule has 0 bridgehead atoms. The number of amides is 2. The molecule has 0 aliphatic heterocycles. The summed E-state index contributed by atoms with van der Waals surface area (Å²) in [5.41, 5.74) is 1.28. The summed E-state index contributed by atoms with van der Waals surface area (Å²) in [5, 5.41) is 3.74. The number of carbonyl (C=O) groups is 3. The first-order valence-corrected chi connectivity index (χ1v) is 12.7. The van der Waals surface area contributed by atoms with Crippen LogP contribution in [0.25, 0.3) is 10.9 Å². The number of Topliss-reactive ketones (excluding diaryl/α,β-unsaturated/α-hetero) is 1. The molecule has 1 aromatic heterocycles. The molecular formula is C27H37N3O5. The average Bonchev–Trinajstić information content (AvgIpc) is 3.27. The van der Waals surface area contributed by atoms with Gasteiger partial charge in [0.2, 0.25) is 5.91 Å². The van der Waals surface area contributed by atoms with Crippen molar-refractivity contribution in [3.05, 3.63) is 30.0 Å². The van der Waals surface area contributed by atoms with Crippen molar-refractivity contribution < 1.29 is 23.9 Å². The maximum Gasteiger partial charge on any atom is 0.295 e. The summed E-state index contributed by atoms with van der Waals surface area (Å²) < 4.78 is 12.9. The van der Waals surface area contributed by atoms with Gasteiger partial charge in [0.05, 0.1) is 30.8 Å². The van der Waals surface area contributed by atoms with Gasteiger partial charge in [0.1, 0.15) is 5.75 Å². The minimum absolute atomic E-state index is 0.0801. The summed E-state index contributed by atoms with van der Waals surface area (Å²) in [5.74, 6) is -0.803. The van der Waals surface area contributed by atoms with Crippen molar-refractivity contribution in [3.8, 4) is 5.75 Å². The summed E-state index contributed by atoms with van der Waals surface area (Å²) in [6.07, 6.45) is 11.2. The maximum atomic E-state index is 13.3. The zero-order chi connectivity index (χ0) is 24.9. The van der Waals surface area contributed by atoms with E-state index in [0.29, 0.717) is 17.4 Å². The van der Waals surface area contributed by atoms with Crippen molar-refractivity contribution in [3.63, 3.8) is 0 Å². The molecule has 1 aromatic carbocycles. The van der Waals surface area contributed by atoms with Gasteiger partial charge in [-0.15, -0.1) is 0 Å². The first kappa shape index (κ1) is 25.2. The molecule has 35 heavy (non-hydrogen) atoms. The predicted molar refractivity (Wildman–Crippen MR) is 134 cm³/mol. The van der Waals surface area contributed by atoms with E-state index in [0.717, 1.165) is 62.3 Å². The Morgan fingerprint density at radius 1 is 1.03 bits per heavy atom. The van der Waals surface area contributed by atoms with Gasteiger partial charge in [-0.25, -0.2) is 0 Å². The summed E-state index contributed by atoms with van der Waals surface area (Å²) >= 11 is 0. The Morgan fingerprint density at radius 2 is 1.74 bits per heavy atom. The summed E-state index contributed by atoms with van der Waals surface area (Å²) in [4.78, 5) is 40.1. The van der Waals surface area contributed by atoms with Crippen LogP contribution in [0.5, 0.6) is 5.75 Å². The molecule has 1 N–H and O–H groups in total. The van der Waals surface area contributed by atoms with Crippen molar-refractivity contribution in [1.29, 1.82) is 0 Å². The van der Waals surface area contributed by atoms with Gasteiger partial charge in [-0.3, -0.25) is 14.4 Å². The van der Waals surface area contributed by atoms with E-state index < -0.39 is 11.7 Å². The number of hydrogen-bond donors (Lipinski definition) is 1. The number of methoxy groups -OCH3 is 2. The standard InChI is InChI=1S/C27H37N3O5/c1-29(17-25(31)28-18-9-11-20(34-2)12-10-18)27(33)26(32)23-16-30(19-7-5-4-6-8-19)24-15-21(35-3)13-14-22(23)24/h13-16,18-20H,4-12,17H2,1-3H3,(H,28,31). The fraction of sp³-hybridized carbons (Fsp3) is 0.593. The second kappa shape index (κ2) is 11.2. The molecule has 0 unspecified atom stereocenters. The van der Waals surface area contributed by atoms with E-state index in [1.165, 1.54) is 18.4 Å². The fourth-order valence-corrected chi connectivity index (χ4v) is 5.49. The first-order chi connectivity index (χ1) is 16.9. The molecule has 0 radical (unpaired) electrons. The van der Waals surface area contributed by atoms with Crippen LogP contribution in [0.3, 0.4) is 0 Å². The van der Waals surface area contributed by atoms with Crippen molar-refractivity contribution in [2.45, 2.75) is 76.0 Å². The molecule has 0 atom stereocenters. The van der Waals surface area contributed by atoms with Crippen LogP contribution in [0.2, 0.25) is 0 Å². The van der Waals surface area contributed by atoms with Gasteiger partial charge in [-0.05, 0) is 50.7 Å². The van der Waals surface area contributed by atoms with Gasteiger partial charge in [-0.1, -0.05) is 19.3 Å². The number of benzene rings is 1. The first-order valence-electron chi connectivity index (χ1n) is 12.7.